The Morgan fingerprint density at radius 1 is 1.42 bits per heavy atom. The van der Waals surface area contributed by atoms with Gasteiger partial charge in [0.2, 0.25) is 0 Å². The van der Waals surface area contributed by atoms with Crippen molar-refractivity contribution in [2.45, 2.75) is 38.3 Å². The lowest BCUT2D eigenvalue weighted by molar-refractivity contribution is 0.104. The van der Waals surface area contributed by atoms with E-state index in [4.69, 9.17) is 4.74 Å². The third-order valence-corrected chi connectivity index (χ3v) is 5.11. The predicted octanol–water partition coefficient (Wildman–Crippen LogP) is 3.74. The maximum Gasteiger partial charge on any atom is 0.315 e. The van der Waals surface area contributed by atoms with Crippen molar-refractivity contribution in [1.29, 1.82) is 0 Å². The molecule has 2 amide bonds. The molecular formula is C18H23N3O2S. The van der Waals surface area contributed by atoms with Crippen LogP contribution in [0.5, 0.6) is 0 Å². The molecule has 0 spiro atoms. The number of hydrogen-bond donors (Lipinski definition) is 2. The summed E-state index contributed by atoms with van der Waals surface area (Å²) in [6.45, 7) is 3.44. The Morgan fingerprint density at radius 3 is 3.00 bits per heavy atom. The van der Waals surface area contributed by atoms with Crippen LogP contribution < -0.4 is 10.6 Å². The third kappa shape index (κ3) is 4.55. The van der Waals surface area contributed by atoms with E-state index in [0.29, 0.717) is 12.6 Å². The number of nitrogens with one attached hydrogen (secondary N) is 2. The van der Waals surface area contributed by atoms with Gasteiger partial charge in [0.15, 0.2) is 0 Å². The van der Waals surface area contributed by atoms with Crippen molar-refractivity contribution in [2.24, 2.45) is 0 Å². The summed E-state index contributed by atoms with van der Waals surface area (Å²) < 4.78 is 5.55. The number of carbonyl (C=O) groups is 1. The van der Waals surface area contributed by atoms with Gasteiger partial charge >= 0.3 is 6.03 Å². The van der Waals surface area contributed by atoms with Gasteiger partial charge in [-0.3, -0.25) is 0 Å². The second-order valence-corrected chi connectivity index (χ2v) is 6.87. The summed E-state index contributed by atoms with van der Waals surface area (Å²) in [5.41, 5.74) is 2.04. The Morgan fingerprint density at radius 2 is 2.25 bits per heavy atom. The summed E-state index contributed by atoms with van der Waals surface area (Å²) in [6.07, 6.45) is 3.40. The number of hydrogen-bond acceptors (Lipinski definition) is 4. The Hall–Kier alpha value is -1.92. The highest BCUT2D eigenvalue weighted by Gasteiger charge is 2.16. The molecule has 5 nitrogen and oxygen atoms in total. The number of benzene rings is 1. The molecule has 1 aliphatic heterocycles. The number of ether oxygens (including phenoxy) is 1. The van der Waals surface area contributed by atoms with E-state index in [0.717, 1.165) is 42.1 Å². The van der Waals surface area contributed by atoms with Crippen molar-refractivity contribution < 1.29 is 9.53 Å². The van der Waals surface area contributed by atoms with Gasteiger partial charge in [0.1, 0.15) is 5.01 Å². The molecule has 1 aromatic heterocycles. The largest absolute Gasteiger partial charge is 0.378 e. The van der Waals surface area contributed by atoms with Crippen molar-refractivity contribution >= 4 is 17.4 Å². The molecule has 128 valence electrons. The second-order valence-electron chi connectivity index (χ2n) is 5.98. The maximum absolute atomic E-state index is 12.0. The zero-order chi connectivity index (χ0) is 16.8. The first kappa shape index (κ1) is 16.9. The van der Waals surface area contributed by atoms with Crippen LogP contribution in [0.4, 0.5) is 4.79 Å². The van der Waals surface area contributed by atoms with Crippen molar-refractivity contribution in [3.05, 3.63) is 40.7 Å². The van der Waals surface area contributed by atoms with Gasteiger partial charge in [-0.25, -0.2) is 9.78 Å². The minimum atomic E-state index is -0.156. The van der Waals surface area contributed by atoms with Crippen LogP contribution in [0, 0.1) is 0 Å². The number of amides is 2. The zero-order valence-electron chi connectivity index (χ0n) is 13.8. The van der Waals surface area contributed by atoms with Crippen molar-refractivity contribution in [2.75, 3.05) is 13.2 Å². The molecule has 1 aliphatic rings. The molecule has 0 saturated carbocycles. The maximum atomic E-state index is 12.0. The molecule has 0 aliphatic carbocycles. The quantitative estimate of drug-likeness (QED) is 0.838. The van der Waals surface area contributed by atoms with E-state index < -0.39 is 0 Å². The van der Waals surface area contributed by atoms with Crippen LogP contribution >= 0.6 is 11.3 Å². The first-order valence-electron chi connectivity index (χ1n) is 8.39. The fourth-order valence-electron chi connectivity index (χ4n) is 2.76. The number of urea groups is 1. The fraction of sp³-hybridized carbons (Fsp3) is 0.444. The van der Waals surface area contributed by atoms with Crippen molar-refractivity contribution in [1.82, 2.24) is 15.6 Å². The lowest BCUT2D eigenvalue weighted by Crippen LogP contribution is -2.38. The molecule has 1 saturated heterocycles. The van der Waals surface area contributed by atoms with E-state index >= 15 is 0 Å². The van der Waals surface area contributed by atoms with Gasteiger partial charge in [0.25, 0.3) is 0 Å². The minimum absolute atomic E-state index is 0.116. The van der Waals surface area contributed by atoms with Gasteiger partial charge in [-0.1, -0.05) is 30.3 Å². The van der Waals surface area contributed by atoms with E-state index in [9.17, 15) is 4.79 Å². The predicted molar refractivity (Wildman–Crippen MR) is 96.1 cm³/mol. The normalized spacial score (nSPS) is 18.3. The first-order valence-corrected chi connectivity index (χ1v) is 9.27. The Balaban J connectivity index is 1.46. The smallest absolute Gasteiger partial charge is 0.315 e. The average Bonchev–Trinajstić information content (AvgIpc) is 3.27. The first-order chi connectivity index (χ1) is 11.7. The highest BCUT2D eigenvalue weighted by Crippen LogP contribution is 2.25. The number of rotatable bonds is 6. The molecule has 1 fully saturated rings. The Bertz CT molecular complexity index is 653. The average molecular weight is 345 g/mol. The molecule has 6 heteroatoms. The molecule has 2 N–H and O–H groups in total. The zero-order valence-corrected chi connectivity index (χ0v) is 14.6. The third-order valence-electron chi connectivity index (χ3n) is 4.09. The van der Waals surface area contributed by atoms with Crippen LogP contribution in [0.3, 0.4) is 0 Å². The molecule has 0 radical (unpaired) electrons. The molecular weight excluding hydrogens is 322 g/mol. The number of carbonyl (C=O) groups excluding carboxylic acids is 1. The molecule has 0 bridgehead atoms. The van der Waals surface area contributed by atoms with Gasteiger partial charge in [-0.05, 0) is 26.2 Å². The summed E-state index contributed by atoms with van der Waals surface area (Å²) in [4.78, 5) is 16.6. The highest BCUT2D eigenvalue weighted by atomic mass is 32.1. The fourth-order valence-corrected chi connectivity index (χ4v) is 3.59. The molecule has 2 unspecified atom stereocenters. The number of aromatic nitrogens is 1. The van der Waals surface area contributed by atoms with Gasteiger partial charge in [0.05, 0.1) is 17.8 Å². The molecule has 2 aromatic rings. The van der Waals surface area contributed by atoms with Gasteiger partial charge in [-0.2, -0.15) is 0 Å². The van der Waals surface area contributed by atoms with Crippen LogP contribution in [0.15, 0.2) is 35.7 Å². The summed E-state index contributed by atoms with van der Waals surface area (Å²) in [6, 6.07) is 9.78. The SMILES string of the molecule is CC(NC(=O)NCCC1CCCO1)c1nc(-c2ccccc2)cs1. The van der Waals surface area contributed by atoms with E-state index in [1.165, 1.54) is 0 Å². The molecule has 3 rings (SSSR count). The van der Waals surface area contributed by atoms with Crippen molar-refractivity contribution in [3.8, 4) is 11.3 Å². The van der Waals surface area contributed by atoms with Gasteiger partial charge in [0, 0.05) is 24.1 Å². The van der Waals surface area contributed by atoms with Crippen LogP contribution in [-0.2, 0) is 4.74 Å². The van der Waals surface area contributed by atoms with E-state index in [1.54, 1.807) is 11.3 Å². The van der Waals surface area contributed by atoms with Gasteiger partial charge in [-0.15, -0.1) is 11.3 Å². The van der Waals surface area contributed by atoms with Crippen molar-refractivity contribution in [3.63, 3.8) is 0 Å². The molecule has 24 heavy (non-hydrogen) atoms. The summed E-state index contributed by atoms with van der Waals surface area (Å²) in [5, 5.41) is 8.77. The van der Waals surface area contributed by atoms with E-state index in [2.05, 4.69) is 15.6 Å². The second kappa shape index (κ2) is 8.26. The number of nitrogens with zero attached hydrogens (tertiary/aromatic N) is 1. The lowest BCUT2D eigenvalue weighted by atomic mass is 10.2. The van der Waals surface area contributed by atoms with Crippen LogP contribution in [0.2, 0.25) is 0 Å². The standard InChI is InChI=1S/C18H23N3O2S/c1-13(20-18(22)19-10-9-15-8-5-11-23-15)17-21-16(12-24-17)14-6-3-2-4-7-14/h2-4,6-7,12-13,15H,5,8-11H2,1H3,(H2,19,20,22). The molecule has 2 atom stereocenters. The lowest BCUT2D eigenvalue weighted by Gasteiger charge is -2.14. The summed E-state index contributed by atoms with van der Waals surface area (Å²) in [5.74, 6) is 0. The minimum Gasteiger partial charge on any atom is -0.378 e. The van der Waals surface area contributed by atoms with E-state index in [1.807, 2.05) is 42.6 Å². The summed E-state index contributed by atoms with van der Waals surface area (Å²) in [7, 11) is 0. The van der Waals surface area contributed by atoms with E-state index in [-0.39, 0.29) is 12.1 Å². The van der Waals surface area contributed by atoms with Crippen LogP contribution in [0.25, 0.3) is 11.3 Å². The Kier molecular flexibility index (Phi) is 5.82. The summed E-state index contributed by atoms with van der Waals surface area (Å²) >= 11 is 1.57. The van der Waals surface area contributed by atoms with Crippen LogP contribution in [-0.4, -0.2) is 30.3 Å². The van der Waals surface area contributed by atoms with Gasteiger partial charge < -0.3 is 15.4 Å². The highest BCUT2D eigenvalue weighted by molar-refractivity contribution is 7.10. The van der Waals surface area contributed by atoms with Crippen LogP contribution in [0.1, 0.15) is 37.2 Å². The Labute approximate surface area is 146 Å². The molecule has 1 aromatic carbocycles. The monoisotopic (exact) mass is 345 g/mol. The molecule has 2 heterocycles. The topological polar surface area (TPSA) is 63.2 Å². The number of thiazole rings is 1.